The molecule has 0 saturated carbocycles. The van der Waals surface area contributed by atoms with E-state index in [1.54, 1.807) is 18.3 Å². The van der Waals surface area contributed by atoms with Crippen LogP contribution in [0.1, 0.15) is 28.9 Å². The summed E-state index contributed by atoms with van der Waals surface area (Å²) in [6, 6.07) is 13.2. The van der Waals surface area contributed by atoms with Crippen molar-refractivity contribution in [3.05, 3.63) is 59.9 Å². The maximum absolute atomic E-state index is 12.2. The van der Waals surface area contributed by atoms with Crippen molar-refractivity contribution in [3.63, 3.8) is 0 Å². The fourth-order valence-corrected chi connectivity index (χ4v) is 2.59. The number of pyridine rings is 1. The van der Waals surface area contributed by atoms with E-state index in [0.29, 0.717) is 12.2 Å². The minimum absolute atomic E-state index is 0.0324. The number of hydrogen-bond acceptors (Lipinski definition) is 4. The highest BCUT2D eigenvalue weighted by molar-refractivity contribution is 5.94. The lowest BCUT2D eigenvalue weighted by atomic mass is 10.1. The zero-order valence-electron chi connectivity index (χ0n) is 13.0. The lowest BCUT2D eigenvalue weighted by molar-refractivity contribution is 0.0930. The largest absolute Gasteiger partial charge is 0.487 e. The molecule has 0 aliphatic carbocycles. The molecule has 1 fully saturated rings. The van der Waals surface area contributed by atoms with E-state index in [9.17, 15) is 4.79 Å². The molecule has 2 heterocycles. The maximum atomic E-state index is 12.2. The van der Waals surface area contributed by atoms with Gasteiger partial charge in [-0.15, -0.1) is 0 Å². The summed E-state index contributed by atoms with van der Waals surface area (Å²) >= 11 is 0. The van der Waals surface area contributed by atoms with Crippen molar-refractivity contribution in [3.8, 4) is 5.75 Å². The van der Waals surface area contributed by atoms with Gasteiger partial charge in [0, 0.05) is 24.3 Å². The number of amides is 1. The Kier molecular flexibility index (Phi) is 5.21. The Morgan fingerprint density at radius 3 is 2.83 bits per heavy atom. The molecule has 1 aromatic carbocycles. The molecule has 0 spiro atoms. The average Bonchev–Trinajstić information content (AvgIpc) is 2.62. The monoisotopic (exact) mass is 311 g/mol. The molecule has 0 unspecified atom stereocenters. The molecule has 5 heteroatoms. The molecule has 1 amide bonds. The van der Waals surface area contributed by atoms with E-state index in [2.05, 4.69) is 15.6 Å². The van der Waals surface area contributed by atoms with Crippen LogP contribution < -0.4 is 15.4 Å². The number of nitrogens with one attached hydrogen (secondary N) is 2. The first kappa shape index (κ1) is 15.5. The highest BCUT2D eigenvalue weighted by Gasteiger charge is 2.16. The third-order valence-corrected chi connectivity index (χ3v) is 3.86. The van der Waals surface area contributed by atoms with Crippen LogP contribution in [0.3, 0.4) is 0 Å². The summed E-state index contributed by atoms with van der Waals surface area (Å²) in [4.78, 5) is 16.4. The first-order chi connectivity index (χ1) is 11.3. The molecule has 1 atom stereocenters. The van der Waals surface area contributed by atoms with E-state index in [1.807, 2.05) is 30.3 Å². The lowest BCUT2D eigenvalue weighted by Gasteiger charge is -2.23. The van der Waals surface area contributed by atoms with Crippen molar-refractivity contribution in [2.75, 3.05) is 13.1 Å². The average molecular weight is 311 g/mol. The van der Waals surface area contributed by atoms with Gasteiger partial charge in [0.25, 0.3) is 5.91 Å². The van der Waals surface area contributed by atoms with Crippen LogP contribution in [0.5, 0.6) is 5.75 Å². The Morgan fingerprint density at radius 2 is 2.13 bits per heavy atom. The fraction of sp³-hybridized carbons (Fsp3) is 0.333. The number of carbonyl (C=O) groups excluding carboxylic acids is 1. The fourth-order valence-electron chi connectivity index (χ4n) is 2.59. The van der Waals surface area contributed by atoms with Gasteiger partial charge in [0.15, 0.2) is 0 Å². The van der Waals surface area contributed by atoms with Gasteiger partial charge in [-0.2, -0.15) is 0 Å². The van der Waals surface area contributed by atoms with E-state index in [-0.39, 0.29) is 11.9 Å². The summed E-state index contributed by atoms with van der Waals surface area (Å²) < 4.78 is 5.67. The summed E-state index contributed by atoms with van der Waals surface area (Å²) in [5, 5.41) is 6.35. The van der Waals surface area contributed by atoms with Gasteiger partial charge in [-0.1, -0.05) is 6.07 Å². The second-order valence-corrected chi connectivity index (χ2v) is 5.65. The zero-order chi connectivity index (χ0) is 15.9. The number of nitrogens with zero attached hydrogens (tertiary/aromatic N) is 1. The number of aromatic nitrogens is 1. The third kappa shape index (κ3) is 4.53. The van der Waals surface area contributed by atoms with Crippen molar-refractivity contribution in [1.82, 2.24) is 15.6 Å². The van der Waals surface area contributed by atoms with Crippen molar-refractivity contribution in [2.45, 2.75) is 25.5 Å². The van der Waals surface area contributed by atoms with Gasteiger partial charge in [-0.3, -0.25) is 9.78 Å². The predicted octanol–water partition coefficient (Wildman–Crippen LogP) is 2.14. The van der Waals surface area contributed by atoms with Crippen LogP contribution in [0.4, 0.5) is 0 Å². The highest BCUT2D eigenvalue weighted by atomic mass is 16.5. The molecule has 2 N–H and O–H groups in total. The second-order valence-electron chi connectivity index (χ2n) is 5.65. The third-order valence-electron chi connectivity index (χ3n) is 3.86. The van der Waals surface area contributed by atoms with Gasteiger partial charge < -0.3 is 15.4 Å². The summed E-state index contributed by atoms with van der Waals surface area (Å²) in [7, 11) is 0. The zero-order valence-corrected chi connectivity index (χ0v) is 13.0. The maximum Gasteiger partial charge on any atom is 0.251 e. The van der Waals surface area contributed by atoms with E-state index in [0.717, 1.165) is 37.4 Å². The van der Waals surface area contributed by atoms with Crippen molar-refractivity contribution in [1.29, 1.82) is 0 Å². The van der Waals surface area contributed by atoms with Crippen molar-refractivity contribution >= 4 is 5.91 Å². The molecule has 2 aromatic rings. The summed E-state index contributed by atoms with van der Waals surface area (Å²) in [5.74, 6) is 0.696. The summed E-state index contributed by atoms with van der Waals surface area (Å²) in [5.41, 5.74) is 1.53. The normalized spacial score (nSPS) is 17.5. The van der Waals surface area contributed by atoms with Crippen LogP contribution >= 0.6 is 0 Å². The predicted molar refractivity (Wildman–Crippen MR) is 88.4 cm³/mol. The van der Waals surface area contributed by atoms with Gasteiger partial charge in [0.05, 0.1) is 5.69 Å². The topological polar surface area (TPSA) is 63.2 Å². The minimum Gasteiger partial charge on any atom is -0.487 e. The first-order valence-electron chi connectivity index (χ1n) is 7.95. The molecule has 1 aliphatic rings. The van der Waals surface area contributed by atoms with Crippen molar-refractivity contribution < 1.29 is 9.53 Å². The van der Waals surface area contributed by atoms with Gasteiger partial charge >= 0.3 is 0 Å². The molecule has 120 valence electrons. The van der Waals surface area contributed by atoms with E-state index < -0.39 is 0 Å². The van der Waals surface area contributed by atoms with Gasteiger partial charge in [0.2, 0.25) is 0 Å². The number of carbonyl (C=O) groups is 1. The van der Waals surface area contributed by atoms with Crippen LogP contribution in [0.2, 0.25) is 0 Å². The SMILES string of the molecule is O=C(N[C@H]1CCCNC1)c1ccc(OCc2ccccn2)cc1. The van der Waals surface area contributed by atoms with E-state index in [1.165, 1.54) is 0 Å². The molecule has 1 aliphatic heterocycles. The van der Waals surface area contributed by atoms with Crippen LogP contribution in [0, 0.1) is 0 Å². The van der Waals surface area contributed by atoms with Crippen LogP contribution in [-0.2, 0) is 6.61 Å². The van der Waals surface area contributed by atoms with E-state index in [4.69, 9.17) is 4.74 Å². The Balaban J connectivity index is 1.52. The molecule has 5 nitrogen and oxygen atoms in total. The number of hydrogen-bond donors (Lipinski definition) is 2. The highest BCUT2D eigenvalue weighted by Crippen LogP contribution is 2.14. The quantitative estimate of drug-likeness (QED) is 0.888. The van der Waals surface area contributed by atoms with Gasteiger partial charge in [-0.25, -0.2) is 0 Å². The molecule has 3 rings (SSSR count). The smallest absolute Gasteiger partial charge is 0.251 e. The van der Waals surface area contributed by atoms with Gasteiger partial charge in [0.1, 0.15) is 12.4 Å². The number of rotatable bonds is 5. The molecule has 0 radical (unpaired) electrons. The standard InChI is InChI=1S/C18H21N3O2/c22-18(21-15-5-3-10-19-12-15)14-6-8-17(9-7-14)23-13-16-4-1-2-11-20-16/h1-2,4,6-9,11,15,19H,3,5,10,12-13H2,(H,21,22)/t15-/m0/s1. The lowest BCUT2D eigenvalue weighted by Crippen LogP contribution is -2.45. The molecular formula is C18H21N3O2. The number of benzene rings is 1. The number of ether oxygens (including phenoxy) is 1. The minimum atomic E-state index is -0.0324. The Hall–Kier alpha value is -2.40. The van der Waals surface area contributed by atoms with Crippen LogP contribution in [0.25, 0.3) is 0 Å². The Labute approximate surface area is 136 Å². The Morgan fingerprint density at radius 1 is 1.26 bits per heavy atom. The van der Waals surface area contributed by atoms with Gasteiger partial charge in [-0.05, 0) is 55.8 Å². The van der Waals surface area contributed by atoms with E-state index >= 15 is 0 Å². The van der Waals surface area contributed by atoms with Crippen LogP contribution in [-0.4, -0.2) is 30.0 Å². The summed E-state index contributed by atoms with van der Waals surface area (Å²) in [6.45, 7) is 2.30. The molecule has 23 heavy (non-hydrogen) atoms. The first-order valence-corrected chi connectivity index (χ1v) is 7.95. The van der Waals surface area contributed by atoms with Crippen molar-refractivity contribution in [2.24, 2.45) is 0 Å². The second kappa shape index (κ2) is 7.74. The van der Waals surface area contributed by atoms with Crippen LogP contribution in [0.15, 0.2) is 48.7 Å². The summed E-state index contributed by atoms with van der Waals surface area (Å²) in [6.07, 6.45) is 3.88. The molecule has 1 aromatic heterocycles. The molecule has 0 bridgehead atoms. The molecular weight excluding hydrogens is 290 g/mol. The molecule has 1 saturated heterocycles. The number of piperidine rings is 1. The Bertz CT molecular complexity index is 622.